The number of carbonyl (C=O) groups excluding carboxylic acids is 2. The van der Waals surface area contributed by atoms with E-state index in [0.29, 0.717) is 25.5 Å². The van der Waals surface area contributed by atoms with Gasteiger partial charge < -0.3 is 20.3 Å². The average molecular weight is 460 g/mol. The van der Waals surface area contributed by atoms with Crippen LogP contribution in [0.3, 0.4) is 0 Å². The fraction of sp³-hybridized carbons (Fsp3) is 0.471. The molecule has 25 heavy (non-hydrogen) atoms. The number of anilines is 1. The number of benzene rings is 1. The number of rotatable bonds is 5. The summed E-state index contributed by atoms with van der Waals surface area (Å²) in [5, 5.41) is 6.32. The van der Waals surface area contributed by atoms with Gasteiger partial charge in [0.05, 0.1) is 19.1 Å². The van der Waals surface area contributed by atoms with E-state index in [0.717, 1.165) is 5.69 Å². The molecule has 0 aromatic heterocycles. The maximum Gasteiger partial charge on any atom is 0.310 e. The van der Waals surface area contributed by atoms with Gasteiger partial charge in [0, 0.05) is 32.2 Å². The Morgan fingerprint density at radius 2 is 2.08 bits per heavy atom. The summed E-state index contributed by atoms with van der Waals surface area (Å²) in [5.41, 5.74) is 0.897. The van der Waals surface area contributed by atoms with E-state index in [-0.39, 0.29) is 47.8 Å². The fourth-order valence-corrected chi connectivity index (χ4v) is 2.58. The first-order chi connectivity index (χ1) is 11.5. The number of aliphatic imine (C=N–C) groups is 1. The number of hydrogen-bond donors (Lipinski definition) is 2. The van der Waals surface area contributed by atoms with E-state index in [1.54, 1.807) is 18.9 Å². The molecule has 2 N–H and O–H groups in total. The second-order valence-electron chi connectivity index (χ2n) is 5.76. The normalized spacial score (nSPS) is 18.4. The molecular formula is C17H25IN4O3. The van der Waals surface area contributed by atoms with E-state index in [1.165, 1.54) is 7.11 Å². The molecular weight excluding hydrogens is 435 g/mol. The van der Waals surface area contributed by atoms with Crippen LogP contribution < -0.4 is 15.5 Å². The van der Waals surface area contributed by atoms with Crippen molar-refractivity contribution < 1.29 is 14.3 Å². The number of esters is 1. The topological polar surface area (TPSA) is 83.0 Å². The van der Waals surface area contributed by atoms with Crippen LogP contribution in [0.2, 0.25) is 0 Å². The molecule has 1 aliphatic heterocycles. The van der Waals surface area contributed by atoms with Crippen molar-refractivity contribution in [2.45, 2.75) is 19.4 Å². The van der Waals surface area contributed by atoms with Crippen LogP contribution in [0.5, 0.6) is 0 Å². The zero-order chi connectivity index (χ0) is 17.5. The Morgan fingerprint density at radius 3 is 2.68 bits per heavy atom. The summed E-state index contributed by atoms with van der Waals surface area (Å²) in [6, 6.07) is 9.57. The van der Waals surface area contributed by atoms with Gasteiger partial charge in [0.2, 0.25) is 5.91 Å². The summed E-state index contributed by atoms with van der Waals surface area (Å²) in [5.74, 6) is 0.0966. The second-order valence-corrected chi connectivity index (χ2v) is 5.76. The molecule has 0 bridgehead atoms. The van der Waals surface area contributed by atoms with E-state index in [4.69, 9.17) is 4.74 Å². The Bertz CT molecular complexity index is 609. The first-order valence-corrected chi connectivity index (χ1v) is 7.95. The van der Waals surface area contributed by atoms with Crippen LogP contribution in [0.1, 0.15) is 13.3 Å². The van der Waals surface area contributed by atoms with Crippen LogP contribution in [0.4, 0.5) is 5.69 Å². The number of guanidine groups is 1. The smallest absolute Gasteiger partial charge is 0.310 e. The molecule has 2 rings (SSSR count). The first-order valence-electron chi connectivity index (χ1n) is 7.95. The van der Waals surface area contributed by atoms with Crippen molar-refractivity contribution in [3.63, 3.8) is 0 Å². The van der Waals surface area contributed by atoms with Gasteiger partial charge in [0.25, 0.3) is 0 Å². The molecule has 0 radical (unpaired) electrons. The first kappa shape index (κ1) is 21.2. The van der Waals surface area contributed by atoms with E-state index in [2.05, 4.69) is 15.6 Å². The van der Waals surface area contributed by atoms with Gasteiger partial charge in [0.1, 0.15) is 0 Å². The molecule has 0 saturated carbocycles. The van der Waals surface area contributed by atoms with Crippen LogP contribution in [-0.4, -0.2) is 51.1 Å². The lowest BCUT2D eigenvalue weighted by molar-refractivity contribution is -0.144. The molecule has 1 aromatic rings. The Kier molecular flexibility index (Phi) is 8.67. The van der Waals surface area contributed by atoms with Crippen LogP contribution in [0, 0.1) is 5.92 Å². The summed E-state index contributed by atoms with van der Waals surface area (Å²) in [7, 11) is 3.03. The number of nitrogens with one attached hydrogen (secondary N) is 2. The minimum Gasteiger partial charge on any atom is -0.469 e. The van der Waals surface area contributed by atoms with Gasteiger partial charge in [-0.05, 0) is 12.1 Å². The quantitative estimate of drug-likeness (QED) is 0.301. The monoisotopic (exact) mass is 460 g/mol. The molecule has 1 amide bonds. The summed E-state index contributed by atoms with van der Waals surface area (Å²) in [6.07, 6.45) is 0.405. The molecule has 138 valence electrons. The molecule has 8 heteroatoms. The number of halogens is 1. The van der Waals surface area contributed by atoms with Gasteiger partial charge in [-0.3, -0.25) is 14.6 Å². The molecule has 2 atom stereocenters. The molecule has 1 aromatic carbocycles. The molecule has 7 nitrogen and oxygen atoms in total. The molecule has 0 aliphatic carbocycles. The average Bonchev–Trinajstić information content (AvgIpc) is 2.98. The number of nitrogens with zero attached hydrogens (tertiary/aromatic N) is 2. The van der Waals surface area contributed by atoms with Gasteiger partial charge in [-0.1, -0.05) is 25.1 Å². The highest BCUT2D eigenvalue weighted by Gasteiger charge is 2.31. The maximum absolute atomic E-state index is 12.2. The van der Waals surface area contributed by atoms with Crippen molar-refractivity contribution in [3.8, 4) is 0 Å². The van der Waals surface area contributed by atoms with Gasteiger partial charge in [-0.15, -0.1) is 24.0 Å². The molecule has 0 spiro atoms. The lowest BCUT2D eigenvalue weighted by Crippen LogP contribution is -2.46. The van der Waals surface area contributed by atoms with Crippen molar-refractivity contribution in [1.29, 1.82) is 0 Å². The summed E-state index contributed by atoms with van der Waals surface area (Å²) < 4.78 is 4.70. The number of para-hydroxylation sites is 1. The van der Waals surface area contributed by atoms with Crippen molar-refractivity contribution in [3.05, 3.63) is 30.3 Å². The number of methoxy groups -OCH3 is 1. The Hall–Kier alpha value is -1.84. The van der Waals surface area contributed by atoms with E-state index >= 15 is 0 Å². The van der Waals surface area contributed by atoms with Crippen LogP contribution in [0.15, 0.2) is 35.3 Å². The van der Waals surface area contributed by atoms with Crippen LogP contribution in [0.25, 0.3) is 0 Å². The van der Waals surface area contributed by atoms with Gasteiger partial charge in [-0.25, -0.2) is 0 Å². The second kappa shape index (κ2) is 10.2. The third kappa shape index (κ3) is 5.87. The van der Waals surface area contributed by atoms with Crippen molar-refractivity contribution in [2.75, 3.05) is 32.1 Å². The molecule has 1 heterocycles. The molecule has 1 saturated heterocycles. The fourth-order valence-electron chi connectivity index (χ4n) is 2.58. The highest BCUT2D eigenvalue weighted by molar-refractivity contribution is 14.0. The lowest BCUT2D eigenvalue weighted by atomic mass is 10.2. The highest BCUT2D eigenvalue weighted by Crippen LogP contribution is 2.20. The van der Waals surface area contributed by atoms with Crippen LogP contribution in [-0.2, 0) is 14.3 Å². The molecule has 1 aliphatic rings. The summed E-state index contributed by atoms with van der Waals surface area (Å²) >= 11 is 0. The summed E-state index contributed by atoms with van der Waals surface area (Å²) in [6.45, 7) is 2.77. The molecule has 1 fully saturated rings. The number of hydrogen-bond acceptors (Lipinski definition) is 4. The predicted octanol–water partition coefficient (Wildman–Crippen LogP) is 1.38. The van der Waals surface area contributed by atoms with E-state index in [1.807, 2.05) is 30.3 Å². The Balaban J connectivity index is 0.00000312. The number of carbonyl (C=O) groups is 2. The lowest BCUT2D eigenvalue weighted by Gasteiger charge is -2.19. The predicted molar refractivity (Wildman–Crippen MR) is 108 cm³/mol. The molecule has 2 unspecified atom stereocenters. The van der Waals surface area contributed by atoms with Crippen molar-refractivity contribution >= 4 is 47.5 Å². The number of amides is 1. The minimum absolute atomic E-state index is 0. The maximum atomic E-state index is 12.2. The van der Waals surface area contributed by atoms with Gasteiger partial charge in [0.15, 0.2) is 5.96 Å². The number of ether oxygens (including phenoxy) is 1. The SMILES string of the molecule is CN=C(NCC(C)C(=O)OC)NC1CC(=O)N(c2ccccc2)C1.I. The van der Waals surface area contributed by atoms with Crippen molar-refractivity contribution in [2.24, 2.45) is 10.9 Å². The Labute approximate surface area is 165 Å². The van der Waals surface area contributed by atoms with Crippen LogP contribution >= 0.6 is 24.0 Å². The minimum atomic E-state index is -0.278. The van der Waals surface area contributed by atoms with E-state index < -0.39 is 0 Å². The third-order valence-electron chi connectivity index (χ3n) is 3.94. The van der Waals surface area contributed by atoms with Gasteiger partial charge >= 0.3 is 5.97 Å². The van der Waals surface area contributed by atoms with Gasteiger partial charge in [-0.2, -0.15) is 0 Å². The third-order valence-corrected chi connectivity index (χ3v) is 3.94. The zero-order valence-electron chi connectivity index (χ0n) is 14.7. The highest BCUT2D eigenvalue weighted by atomic mass is 127. The van der Waals surface area contributed by atoms with Crippen molar-refractivity contribution in [1.82, 2.24) is 10.6 Å². The summed E-state index contributed by atoms with van der Waals surface area (Å²) in [4.78, 5) is 29.5. The Morgan fingerprint density at radius 1 is 1.40 bits per heavy atom. The standard InChI is InChI=1S/C17H24N4O3.HI/c1-12(16(23)24-3)10-19-17(18-2)20-13-9-15(22)21(11-13)14-7-5-4-6-8-14;/h4-8,12-13H,9-11H2,1-3H3,(H2,18,19,20);1H. The zero-order valence-corrected chi connectivity index (χ0v) is 17.0. The largest absolute Gasteiger partial charge is 0.469 e. The van der Waals surface area contributed by atoms with E-state index in [9.17, 15) is 9.59 Å².